The molecule has 62 valence electrons. The molecule has 0 saturated heterocycles. The Bertz CT molecular complexity index is 351. The van der Waals surface area contributed by atoms with Crippen molar-refractivity contribution in [1.82, 2.24) is 19.3 Å². The molecule has 0 saturated carbocycles. The number of hydrogen-bond acceptors (Lipinski definition) is 3. The molecule has 2 rings (SSSR count). The Hall–Kier alpha value is -1.62. The monoisotopic (exact) mass is 164 g/mol. The van der Waals surface area contributed by atoms with Crippen LogP contribution in [0.1, 0.15) is 5.69 Å². The van der Waals surface area contributed by atoms with Crippen molar-refractivity contribution in [2.24, 2.45) is 0 Å². The lowest BCUT2D eigenvalue weighted by Gasteiger charge is -2.04. The van der Waals surface area contributed by atoms with Gasteiger partial charge < -0.3 is 5.11 Å². The van der Waals surface area contributed by atoms with Crippen LogP contribution in [0.5, 0.6) is 0 Å². The second-order valence-corrected chi connectivity index (χ2v) is 2.33. The molecule has 5 heteroatoms. The zero-order chi connectivity index (χ0) is 8.39. The zero-order valence-corrected chi connectivity index (χ0v) is 6.33. The second kappa shape index (κ2) is 2.78. The van der Waals surface area contributed by atoms with Crippen LogP contribution in [0.15, 0.2) is 31.2 Å². The minimum atomic E-state index is -0.0296. The van der Waals surface area contributed by atoms with Crippen LogP contribution in [0.25, 0.3) is 0 Å². The van der Waals surface area contributed by atoms with E-state index in [9.17, 15) is 0 Å². The van der Waals surface area contributed by atoms with Crippen LogP contribution in [0.2, 0.25) is 0 Å². The van der Waals surface area contributed by atoms with Gasteiger partial charge in [0.05, 0.1) is 18.5 Å². The van der Waals surface area contributed by atoms with Gasteiger partial charge >= 0.3 is 0 Å². The summed E-state index contributed by atoms with van der Waals surface area (Å²) in [6.07, 6.45) is 8.32. The van der Waals surface area contributed by atoms with E-state index in [4.69, 9.17) is 5.11 Å². The molecule has 2 aromatic rings. The van der Waals surface area contributed by atoms with Gasteiger partial charge in [-0.25, -0.2) is 19.3 Å². The minimum absolute atomic E-state index is 0.0296. The average Bonchev–Trinajstić information content (AvgIpc) is 2.74. The Morgan fingerprint density at radius 1 is 1.33 bits per heavy atom. The summed E-state index contributed by atoms with van der Waals surface area (Å²) in [6, 6.07) is 0. The summed E-state index contributed by atoms with van der Waals surface area (Å²) in [5, 5.41) is 8.91. The second-order valence-electron chi connectivity index (χ2n) is 2.33. The molecule has 1 N–H and O–H groups in total. The van der Waals surface area contributed by atoms with E-state index in [0.717, 1.165) is 5.69 Å². The first-order valence-electron chi connectivity index (χ1n) is 3.52. The van der Waals surface area contributed by atoms with Gasteiger partial charge in [0.2, 0.25) is 0 Å². The van der Waals surface area contributed by atoms with Gasteiger partial charge in [0.15, 0.2) is 0 Å². The molecule has 2 heterocycles. The first kappa shape index (κ1) is 7.05. The molecule has 0 bridgehead atoms. The fourth-order valence-electron chi connectivity index (χ4n) is 1.02. The number of imidazole rings is 2. The molecule has 0 radical (unpaired) electrons. The van der Waals surface area contributed by atoms with Gasteiger partial charge in [-0.05, 0) is 0 Å². The van der Waals surface area contributed by atoms with Crippen molar-refractivity contribution >= 4 is 0 Å². The van der Waals surface area contributed by atoms with E-state index < -0.39 is 0 Å². The molecule has 0 aliphatic rings. The summed E-state index contributed by atoms with van der Waals surface area (Å²) in [4.78, 5) is 7.79. The van der Waals surface area contributed by atoms with Crippen LogP contribution < -0.4 is 0 Å². The van der Waals surface area contributed by atoms with Gasteiger partial charge in [0.1, 0.15) is 12.7 Å². The number of aliphatic hydroxyl groups excluding tert-OH is 1. The molecule has 0 aliphatic carbocycles. The SMILES string of the molecule is OCc1cncn1-n1ccnc1. The Morgan fingerprint density at radius 2 is 2.25 bits per heavy atom. The smallest absolute Gasteiger partial charge is 0.115 e. The number of hydrogen-bond donors (Lipinski definition) is 1. The van der Waals surface area contributed by atoms with Crippen molar-refractivity contribution < 1.29 is 5.11 Å². The van der Waals surface area contributed by atoms with Crippen LogP contribution >= 0.6 is 0 Å². The van der Waals surface area contributed by atoms with Gasteiger partial charge in [-0.3, -0.25) is 0 Å². The van der Waals surface area contributed by atoms with E-state index in [0.29, 0.717) is 0 Å². The van der Waals surface area contributed by atoms with E-state index in [1.165, 1.54) is 0 Å². The molecular formula is C7H8N4O. The minimum Gasteiger partial charge on any atom is -0.390 e. The van der Waals surface area contributed by atoms with Crippen molar-refractivity contribution in [3.63, 3.8) is 0 Å². The Balaban J connectivity index is 2.46. The summed E-state index contributed by atoms with van der Waals surface area (Å²) < 4.78 is 3.45. The predicted octanol–water partition coefficient (Wildman–Crippen LogP) is -0.117. The van der Waals surface area contributed by atoms with Crippen LogP contribution in [0.4, 0.5) is 0 Å². The number of rotatable bonds is 2. The number of nitrogens with zero attached hydrogens (tertiary/aromatic N) is 4. The highest BCUT2D eigenvalue weighted by Gasteiger charge is 2.00. The quantitative estimate of drug-likeness (QED) is 0.673. The maximum absolute atomic E-state index is 8.91. The zero-order valence-electron chi connectivity index (χ0n) is 6.33. The van der Waals surface area contributed by atoms with Gasteiger partial charge in [0.25, 0.3) is 0 Å². The third-order valence-corrected chi connectivity index (χ3v) is 1.60. The highest BCUT2D eigenvalue weighted by molar-refractivity contribution is 4.97. The van der Waals surface area contributed by atoms with Gasteiger partial charge in [-0.15, -0.1) is 0 Å². The fraction of sp³-hybridized carbons (Fsp3) is 0.143. The molecule has 5 nitrogen and oxygen atoms in total. The van der Waals surface area contributed by atoms with Crippen LogP contribution in [-0.4, -0.2) is 24.4 Å². The topological polar surface area (TPSA) is 55.9 Å². The lowest BCUT2D eigenvalue weighted by atomic mass is 10.5. The molecule has 0 aromatic carbocycles. The average molecular weight is 164 g/mol. The van der Waals surface area contributed by atoms with Crippen LogP contribution in [-0.2, 0) is 6.61 Å². The molecule has 0 amide bonds. The molecule has 0 unspecified atom stereocenters. The van der Waals surface area contributed by atoms with Crippen LogP contribution in [0, 0.1) is 0 Å². The van der Waals surface area contributed by atoms with Crippen molar-refractivity contribution in [3.05, 3.63) is 36.9 Å². The Kier molecular flexibility index (Phi) is 1.64. The highest BCUT2D eigenvalue weighted by atomic mass is 16.3. The largest absolute Gasteiger partial charge is 0.390 e. The van der Waals surface area contributed by atoms with E-state index in [1.54, 1.807) is 40.6 Å². The molecule has 0 atom stereocenters. The molecule has 0 spiro atoms. The lowest BCUT2D eigenvalue weighted by molar-refractivity contribution is 0.268. The van der Waals surface area contributed by atoms with Crippen molar-refractivity contribution in [2.45, 2.75) is 6.61 Å². The third kappa shape index (κ3) is 0.998. The summed E-state index contributed by atoms with van der Waals surface area (Å²) in [5.74, 6) is 0. The van der Waals surface area contributed by atoms with Gasteiger partial charge in [-0.1, -0.05) is 0 Å². The van der Waals surface area contributed by atoms with E-state index in [1.807, 2.05) is 0 Å². The summed E-state index contributed by atoms with van der Waals surface area (Å²) in [6.45, 7) is -0.0296. The molecule has 12 heavy (non-hydrogen) atoms. The van der Waals surface area contributed by atoms with E-state index in [2.05, 4.69) is 9.97 Å². The van der Waals surface area contributed by atoms with E-state index >= 15 is 0 Å². The standard InChI is InChI=1S/C7H8N4O/c12-4-7-3-9-6-11(7)10-2-1-8-5-10/h1-3,5-6,12H,4H2. The first-order valence-corrected chi connectivity index (χ1v) is 3.52. The van der Waals surface area contributed by atoms with Crippen molar-refractivity contribution in [3.8, 4) is 0 Å². The molecule has 0 aliphatic heterocycles. The summed E-state index contributed by atoms with van der Waals surface area (Å²) in [5.41, 5.74) is 0.730. The highest BCUT2D eigenvalue weighted by Crippen LogP contribution is 1.99. The summed E-state index contributed by atoms with van der Waals surface area (Å²) >= 11 is 0. The normalized spacial score (nSPS) is 10.4. The Morgan fingerprint density at radius 3 is 2.92 bits per heavy atom. The predicted molar refractivity (Wildman–Crippen MR) is 41.2 cm³/mol. The molecular weight excluding hydrogens is 156 g/mol. The fourth-order valence-corrected chi connectivity index (χ4v) is 1.02. The third-order valence-electron chi connectivity index (χ3n) is 1.60. The van der Waals surface area contributed by atoms with Crippen molar-refractivity contribution in [2.75, 3.05) is 0 Å². The lowest BCUT2D eigenvalue weighted by Crippen LogP contribution is -2.08. The molecule has 2 aromatic heterocycles. The summed E-state index contributed by atoms with van der Waals surface area (Å²) in [7, 11) is 0. The van der Waals surface area contributed by atoms with E-state index in [-0.39, 0.29) is 6.61 Å². The Labute approximate surface area is 68.9 Å². The number of aliphatic hydroxyl groups is 1. The van der Waals surface area contributed by atoms with Gasteiger partial charge in [0, 0.05) is 12.4 Å². The van der Waals surface area contributed by atoms with Crippen LogP contribution in [0.3, 0.4) is 0 Å². The van der Waals surface area contributed by atoms with Gasteiger partial charge in [-0.2, -0.15) is 0 Å². The maximum atomic E-state index is 8.91. The first-order chi connectivity index (χ1) is 5.92. The molecule has 0 fully saturated rings. The maximum Gasteiger partial charge on any atom is 0.115 e. The van der Waals surface area contributed by atoms with Crippen molar-refractivity contribution in [1.29, 1.82) is 0 Å². The number of aromatic nitrogens is 4.